The van der Waals surface area contributed by atoms with E-state index in [2.05, 4.69) is 31.2 Å². The van der Waals surface area contributed by atoms with Crippen LogP contribution in [0.1, 0.15) is 62.6 Å². The second kappa shape index (κ2) is 13.0. The average molecular weight is 508 g/mol. The molecule has 5 nitrogen and oxygen atoms in total. The summed E-state index contributed by atoms with van der Waals surface area (Å²) >= 11 is 0. The molecule has 4 rings (SSSR count). The molecular weight excluding hydrogens is 470 g/mol. The van der Waals surface area contributed by atoms with Crippen LogP contribution in [0.2, 0.25) is 0 Å². The van der Waals surface area contributed by atoms with Gasteiger partial charge in [-0.05, 0) is 49.5 Å². The number of aliphatic imine (C=N–C) groups is 1. The Morgan fingerprint density at radius 2 is 1.45 bits per heavy atom. The molecule has 5 heteroatoms. The zero-order valence-corrected chi connectivity index (χ0v) is 22.6. The normalized spacial score (nSPS) is 14.0. The smallest absolute Gasteiger partial charge is 0.410 e. The molecule has 38 heavy (non-hydrogen) atoms. The maximum atomic E-state index is 12.7. The molecule has 0 atom stereocenters. The first-order valence-electron chi connectivity index (χ1n) is 13.4. The molecule has 3 aromatic carbocycles. The molecule has 1 amide bonds. The Morgan fingerprint density at radius 3 is 1.95 bits per heavy atom. The van der Waals surface area contributed by atoms with E-state index in [9.17, 15) is 4.79 Å². The maximum Gasteiger partial charge on any atom is 0.410 e. The molecule has 0 heterocycles. The van der Waals surface area contributed by atoms with Crippen molar-refractivity contribution in [1.82, 2.24) is 4.90 Å². The van der Waals surface area contributed by atoms with Gasteiger partial charge in [-0.15, -0.1) is 0 Å². The molecule has 0 radical (unpaired) electrons. The van der Waals surface area contributed by atoms with Crippen LogP contribution in [0.5, 0.6) is 0 Å². The Bertz CT molecular complexity index is 1250. The van der Waals surface area contributed by atoms with Gasteiger partial charge < -0.3 is 15.0 Å². The van der Waals surface area contributed by atoms with Gasteiger partial charge in [-0.3, -0.25) is 0 Å². The van der Waals surface area contributed by atoms with Crippen molar-refractivity contribution < 1.29 is 9.53 Å². The Hall–Kier alpha value is -3.99. The fourth-order valence-electron chi connectivity index (χ4n) is 5.04. The Kier molecular flexibility index (Phi) is 9.26. The number of ether oxygens (including phenoxy) is 1. The molecule has 1 aliphatic carbocycles. The number of carbonyl (C=O) groups excluding carboxylic acids is 1. The fraction of sp³-hybridized carbons (Fsp3) is 0.303. The van der Waals surface area contributed by atoms with E-state index in [-0.39, 0.29) is 18.7 Å². The standard InChI is InChI=1S/C33H37N3O2/c1-4-30(31(24(2)34)23-38-33(37)36(3)29-17-11-12-18-29)25-19-21-28(22-20-25)35-32(26-13-7-5-8-14-26)27-15-9-6-10-16-27/h5-10,13-16,19-22,29,34H,4,11-12,17-18,23H2,1-3H3/b31-30+,34-24?. The molecular formula is C33H37N3O2. The second-order valence-corrected chi connectivity index (χ2v) is 9.78. The lowest BCUT2D eigenvalue weighted by Crippen LogP contribution is -2.36. The molecule has 0 bridgehead atoms. The summed E-state index contributed by atoms with van der Waals surface area (Å²) in [6.45, 7) is 3.92. The lowest BCUT2D eigenvalue weighted by atomic mass is 9.95. The summed E-state index contributed by atoms with van der Waals surface area (Å²) in [5.74, 6) is 0. The van der Waals surface area contributed by atoms with Crippen molar-refractivity contribution in [3.8, 4) is 0 Å². The fourth-order valence-corrected chi connectivity index (χ4v) is 5.04. The van der Waals surface area contributed by atoms with E-state index in [4.69, 9.17) is 15.1 Å². The number of amides is 1. The van der Waals surface area contributed by atoms with Gasteiger partial charge in [0.05, 0.1) is 11.4 Å². The first kappa shape index (κ1) is 27.1. The Balaban J connectivity index is 1.58. The second-order valence-electron chi connectivity index (χ2n) is 9.78. The molecule has 0 aliphatic heterocycles. The Morgan fingerprint density at radius 1 is 0.895 bits per heavy atom. The van der Waals surface area contributed by atoms with Crippen LogP contribution in [0, 0.1) is 5.41 Å². The summed E-state index contributed by atoms with van der Waals surface area (Å²) in [6, 6.07) is 28.7. The van der Waals surface area contributed by atoms with Crippen molar-refractivity contribution in [2.45, 2.75) is 52.0 Å². The van der Waals surface area contributed by atoms with Crippen molar-refractivity contribution in [2.75, 3.05) is 13.7 Å². The summed E-state index contributed by atoms with van der Waals surface area (Å²) < 4.78 is 5.68. The third-order valence-corrected chi connectivity index (χ3v) is 7.22. The molecule has 1 saturated carbocycles. The molecule has 196 valence electrons. The van der Waals surface area contributed by atoms with Crippen molar-refractivity contribution in [3.05, 3.63) is 107 Å². The highest BCUT2D eigenvalue weighted by atomic mass is 16.6. The third-order valence-electron chi connectivity index (χ3n) is 7.22. The molecule has 1 N–H and O–H groups in total. The van der Waals surface area contributed by atoms with Crippen LogP contribution in [-0.2, 0) is 4.74 Å². The topological polar surface area (TPSA) is 65.8 Å². The van der Waals surface area contributed by atoms with Crippen LogP contribution < -0.4 is 0 Å². The zero-order valence-electron chi connectivity index (χ0n) is 22.6. The van der Waals surface area contributed by atoms with Crippen molar-refractivity contribution in [3.63, 3.8) is 0 Å². The minimum Gasteiger partial charge on any atom is -0.444 e. The van der Waals surface area contributed by atoms with E-state index in [0.717, 1.165) is 71.3 Å². The van der Waals surface area contributed by atoms with Gasteiger partial charge in [0.2, 0.25) is 0 Å². The summed E-state index contributed by atoms with van der Waals surface area (Å²) in [7, 11) is 1.82. The summed E-state index contributed by atoms with van der Waals surface area (Å²) in [5, 5.41) is 8.39. The van der Waals surface area contributed by atoms with E-state index in [1.54, 1.807) is 11.8 Å². The molecule has 3 aromatic rings. The van der Waals surface area contributed by atoms with Gasteiger partial charge in [0, 0.05) is 35.5 Å². The van der Waals surface area contributed by atoms with Crippen molar-refractivity contribution in [1.29, 1.82) is 5.41 Å². The van der Waals surface area contributed by atoms with Crippen LogP contribution in [0.4, 0.5) is 10.5 Å². The monoisotopic (exact) mass is 507 g/mol. The number of hydrogen-bond acceptors (Lipinski definition) is 4. The first-order valence-corrected chi connectivity index (χ1v) is 13.4. The lowest BCUT2D eigenvalue weighted by molar-refractivity contribution is 0.106. The SMILES string of the molecule is CC/C(=C(/COC(=O)N(C)C1CCCC1)C(C)=N)c1ccc(N=C(c2ccccc2)c2ccccc2)cc1. The van der Waals surface area contributed by atoms with Crippen LogP contribution in [0.25, 0.3) is 5.57 Å². The van der Waals surface area contributed by atoms with Gasteiger partial charge in [-0.1, -0.05) is 92.6 Å². The number of allylic oxidation sites excluding steroid dienone is 1. The quantitative estimate of drug-likeness (QED) is 0.298. The van der Waals surface area contributed by atoms with Gasteiger partial charge in [-0.25, -0.2) is 9.79 Å². The van der Waals surface area contributed by atoms with Crippen molar-refractivity contribution >= 4 is 28.8 Å². The predicted molar refractivity (Wildman–Crippen MR) is 157 cm³/mol. The number of rotatable bonds is 9. The van der Waals surface area contributed by atoms with Crippen LogP contribution >= 0.6 is 0 Å². The average Bonchev–Trinajstić information content (AvgIpc) is 3.50. The van der Waals surface area contributed by atoms with Crippen LogP contribution in [0.15, 0.2) is 95.5 Å². The van der Waals surface area contributed by atoms with E-state index < -0.39 is 0 Å². The summed E-state index contributed by atoms with van der Waals surface area (Å²) in [4.78, 5) is 19.4. The van der Waals surface area contributed by atoms with Crippen LogP contribution in [0.3, 0.4) is 0 Å². The number of carbonyl (C=O) groups is 1. The minimum absolute atomic E-state index is 0.0977. The van der Waals surface area contributed by atoms with Gasteiger partial charge in [0.15, 0.2) is 0 Å². The summed E-state index contributed by atoms with van der Waals surface area (Å²) in [5.41, 5.74) is 7.07. The highest BCUT2D eigenvalue weighted by molar-refractivity contribution is 6.14. The first-order chi connectivity index (χ1) is 18.5. The molecule has 0 saturated heterocycles. The summed E-state index contributed by atoms with van der Waals surface area (Å²) in [6.07, 6.45) is 4.79. The number of hydrogen-bond donors (Lipinski definition) is 1. The molecule has 0 spiro atoms. The molecule has 0 aromatic heterocycles. The van der Waals surface area contributed by atoms with Crippen molar-refractivity contribution in [2.24, 2.45) is 4.99 Å². The molecule has 1 fully saturated rings. The highest BCUT2D eigenvalue weighted by Crippen LogP contribution is 2.27. The molecule has 1 aliphatic rings. The van der Waals surface area contributed by atoms with Crippen LogP contribution in [-0.4, -0.2) is 42.1 Å². The van der Waals surface area contributed by atoms with Gasteiger partial charge in [0.1, 0.15) is 6.61 Å². The van der Waals surface area contributed by atoms with E-state index in [1.807, 2.05) is 67.7 Å². The largest absolute Gasteiger partial charge is 0.444 e. The van der Waals surface area contributed by atoms with E-state index >= 15 is 0 Å². The van der Waals surface area contributed by atoms with Gasteiger partial charge in [-0.2, -0.15) is 0 Å². The molecule has 0 unspecified atom stereocenters. The van der Waals surface area contributed by atoms with Gasteiger partial charge >= 0.3 is 6.09 Å². The van der Waals surface area contributed by atoms with Gasteiger partial charge in [0.25, 0.3) is 0 Å². The van der Waals surface area contributed by atoms with E-state index in [0.29, 0.717) is 5.71 Å². The number of benzene rings is 3. The number of nitrogens with zero attached hydrogens (tertiary/aromatic N) is 2. The zero-order chi connectivity index (χ0) is 26.9. The van der Waals surface area contributed by atoms with E-state index in [1.165, 1.54) is 0 Å². The maximum absolute atomic E-state index is 12.7. The Labute approximate surface area is 226 Å². The minimum atomic E-state index is -0.315. The predicted octanol–water partition coefficient (Wildman–Crippen LogP) is 8.07. The highest BCUT2D eigenvalue weighted by Gasteiger charge is 2.25. The lowest BCUT2D eigenvalue weighted by Gasteiger charge is -2.24. The number of nitrogens with one attached hydrogen (secondary N) is 1. The third kappa shape index (κ3) is 6.65.